The molecule has 2 nitrogen and oxygen atoms in total. The molecule has 2 heterocycles. The van der Waals surface area contributed by atoms with E-state index in [9.17, 15) is 0 Å². The lowest BCUT2D eigenvalue weighted by Crippen LogP contribution is -2.12. The normalized spacial score (nSPS) is 22.9. The lowest BCUT2D eigenvalue weighted by molar-refractivity contribution is 0.646. The molecule has 0 amide bonds. The van der Waals surface area contributed by atoms with Crippen LogP contribution in [0.3, 0.4) is 0 Å². The lowest BCUT2D eigenvalue weighted by atomic mass is 10.1. The van der Waals surface area contributed by atoms with Crippen molar-refractivity contribution < 1.29 is 0 Å². The summed E-state index contributed by atoms with van der Waals surface area (Å²) in [7, 11) is 0. The van der Waals surface area contributed by atoms with E-state index in [1.165, 1.54) is 18.4 Å². The zero-order chi connectivity index (χ0) is 8.39. The molecule has 1 N–H and O–H groups in total. The van der Waals surface area contributed by atoms with Crippen molar-refractivity contribution in [3.8, 4) is 0 Å². The summed E-state index contributed by atoms with van der Waals surface area (Å²) in [4.78, 5) is 4.10. The molecule has 0 aliphatic carbocycles. The summed E-state index contributed by atoms with van der Waals surface area (Å²) in [6, 6.07) is 4.71. The Kier molecular flexibility index (Phi) is 2.42. The van der Waals surface area contributed by atoms with Gasteiger partial charge in [-0.3, -0.25) is 0 Å². The van der Waals surface area contributed by atoms with E-state index in [1.54, 1.807) is 0 Å². The summed E-state index contributed by atoms with van der Waals surface area (Å²) >= 11 is 3.37. The quantitative estimate of drug-likeness (QED) is 0.744. The molecule has 1 aliphatic heterocycles. The maximum atomic E-state index is 4.10. The Morgan fingerprint density at radius 1 is 1.58 bits per heavy atom. The van der Waals surface area contributed by atoms with Crippen LogP contribution < -0.4 is 5.32 Å². The molecule has 2 rings (SSSR count). The van der Waals surface area contributed by atoms with Gasteiger partial charge in [-0.25, -0.2) is 4.98 Å². The standard InChI is InChI=1S/C9H11BrN2/c10-9-6-7(3-5-12-9)8-2-1-4-11-8/h3,5-6,8,11H,1-2,4H2. The average molecular weight is 227 g/mol. The van der Waals surface area contributed by atoms with Gasteiger partial charge in [0.05, 0.1) is 0 Å². The van der Waals surface area contributed by atoms with Crippen molar-refractivity contribution in [2.75, 3.05) is 6.54 Å². The molecule has 0 spiro atoms. The molecule has 1 fully saturated rings. The Balaban J connectivity index is 2.21. The molecule has 0 bridgehead atoms. The first-order valence-corrected chi connectivity index (χ1v) is 5.00. The third kappa shape index (κ3) is 1.67. The maximum absolute atomic E-state index is 4.10. The Morgan fingerprint density at radius 2 is 2.50 bits per heavy atom. The van der Waals surface area contributed by atoms with Crippen LogP contribution in [0.2, 0.25) is 0 Å². The van der Waals surface area contributed by atoms with Crippen molar-refractivity contribution in [3.63, 3.8) is 0 Å². The van der Waals surface area contributed by atoms with Crippen molar-refractivity contribution in [2.45, 2.75) is 18.9 Å². The zero-order valence-corrected chi connectivity index (χ0v) is 8.34. The van der Waals surface area contributed by atoms with Crippen LogP contribution >= 0.6 is 15.9 Å². The molecule has 12 heavy (non-hydrogen) atoms. The van der Waals surface area contributed by atoms with Gasteiger partial charge < -0.3 is 5.32 Å². The summed E-state index contributed by atoms with van der Waals surface area (Å²) in [5, 5.41) is 3.45. The first-order chi connectivity index (χ1) is 5.86. The number of halogens is 1. The van der Waals surface area contributed by atoms with Crippen LogP contribution in [0.1, 0.15) is 24.4 Å². The predicted octanol–water partition coefficient (Wildman–Crippen LogP) is 2.27. The Bertz CT molecular complexity index is 269. The number of rotatable bonds is 1. The fourth-order valence-corrected chi connectivity index (χ4v) is 1.99. The predicted molar refractivity (Wildman–Crippen MR) is 51.9 cm³/mol. The summed E-state index contributed by atoms with van der Waals surface area (Å²) < 4.78 is 0.925. The van der Waals surface area contributed by atoms with Crippen LogP contribution in [-0.4, -0.2) is 11.5 Å². The van der Waals surface area contributed by atoms with Gasteiger partial charge >= 0.3 is 0 Å². The van der Waals surface area contributed by atoms with Crippen LogP contribution in [-0.2, 0) is 0 Å². The van der Waals surface area contributed by atoms with Gasteiger partial charge in [-0.2, -0.15) is 0 Å². The third-order valence-electron chi connectivity index (χ3n) is 2.21. The zero-order valence-electron chi connectivity index (χ0n) is 6.76. The van der Waals surface area contributed by atoms with Crippen LogP contribution in [0.4, 0.5) is 0 Å². The molecule has 0 radical (unpaired) electrons. The van der Waals surface area contributed by atoms with E-state index >= 15 is 0 Å². The lowest BCUT2D eigenvalue weighted by Gasteiger charge is -2.09. The summed E-state index contributed by atoms with van der Waals surface area (Å²) in [5.74, 6) is 0. The minimum absolute atomic E-state index is 0.546. The molecule has 3 heteroatoms. The molecule has 1 saturated heterocycles. The van der Waals surface area contributed by atoms with Gasteiger partial charge in [-0.1, -0.05) is 0 Å². The largest absolute Gasteiger partial charge is 0.310 e. The van der Waals surface area contributed by atoms with Gasteiger partial charge in [0.2, 0.25) is 0 Å². The molecule has 1 unspecified atom stereocenters. The molecule has 1 aromatic heterocycles. The van der Waals surface area contributed by atoms with Crippen LogP contribution in [0, 0.1) is 0 Å². The molecular weight excluding hydrogens is 216 g/mol. The van der Waals surface area contributed by atoms with E-state index in [0.717, 1.165) is 11.1 Å². The van der Waals surface area contributed by atoms with Crippen molar-refractivity contribution in [1.29, 1.82) is 0 Å². The summed E-state index contributed by atoms with van der Waals surface area (Å²) in [6.45, 7) is 1.14. The highest BCUT2D eigenvalue weighted by Crippen LogP contribution is 2.23. The van der Waals surface area contributed by atoms with Gasteiger partial charge in [0, 0.05) is 12.2 Å². The topological polar surface area (TPSA) is 24.9 Å². The highest BCUT2D eigenvalue weighted by atomic mass is 79.9. The first kappa shape index (κ1) is 8.20. The van der Waals surface area contributed by atoms with Crippen molar-refractivity contribution in [1.82, 2.24) is 10.3 Å². The van der Waals surface area contributed by atoms with Gasteiger partial charge in [-0.15, -0.1) is 0 Å². The number of hydrogen-bond donors (Lipinski definition) is 1. The number of aromatic nitrogens is 1. The Hall–Kier alpha value is -0.410. The second-order valence-electron chi connectivity index (χ2n) is 3.06. The van der Waals surface area contributed by atoms with E-state index in [4.69, 9.17) is 0 Å². The average Bonchev–Trinajstić information content (AvgIpc) is 2.56. The number of nitrogens with zero attached hydrogens (tertiary/aromatic N) is 1. The summed E-state index contributed by atoms with van der Waals surface area (Å²) in [5.41, 5.74) is 1.34. The number of pyridine rings is 1. The van der Waals surface area contributed by atoms with Crippen LogP contribution in [0.25, 0.3) is 0 Å². The highest BCUT2D eigenvalue weighted by molar-refractivity contribution is 9.10. The molecule has 0 saturated carbocycles. The van der Waals surface area contributed by atoms with Crippen LogP contribution in [0.15, 0.2) is 22.9 Å². The van der Waals surface area contributed by atoms with Crippen molar-refractivity contribution in [3.05, 3.63) is 28.5 Å². The minimum Gasteiger partial charge on any atom is -0.310 e. The van der Waals surface area contributed by atoms with E-state index in [2.05, 4.69) is 38.4 Å². The van der Waals surface area contributed by atoms with Gasteiger partial charge in [0.1, 0.15) is 4.60 Å². The minimum atomic E-state index is 0.546. The molecule has 64 valence electrons. The molecular formula is C9H11BrN2. The second kappa shape index (κ2) is 3.54. The first-order valence-electron chi connectivity index (χ1n) is 4.21. The Morgan fingerprint density at radius 3 is 3.17 bits per heavy atom. The van der Waals surface area contributed by atoms with Gasteiger partial charge in [0.15, 0.2) is 0 Å². The van der Waals surface area contributed by atoms with Gasteiger partial charge in [0.25, 0.3) is 0 Å². The fourth-order valence-electron chi connectivity index (χ4n) is 1.60. The molecule has 0 aromatic carbocycles. The fraction of sp³-hybridized carbons (Fsp3) is 0.444. The summed E-state index contributed by atoms with van der Waals surface area (Å²) in [6.07, 6.45) is 4.38. The van der Waals surface area contributed by atoms with E-state index in [1.807, 2.05) is 6.20 Å². The van der Waals surface area contributed by atoms with Crippen LogP contribution in [0.5, 0.6) is 0 Å². The number of nitrogens with one attached hydrogen (secondary N) is 1. The van der Waals surface area contributed by atoms with Gasteiger partial charge in [-0.05, 0) is 53.0 Å². The molecule has 1 aromatic rings. The van der Waals surface area contributed by atoms with Crippen molar-refractivity contribution in [2.24, 2.45) is 0 Å². The van der Waals surface area contributed by atoms with E-state index in [-0.39, 0.29) is 0 Å². The SMILES string of the molecule is Brc1cc(C2CCCN2)ccn1. The van der Waals surface area contributed by atoms with E-state index in [0.29, 0.717) is 6.04 Å². The maximum Gasteiger partial charge on any atom is 0.106 e. The monoisotopic (exact) mass is 226 g/mol. The van der Waals surface area contributed by atoms with E-state index < -0.39 is 0 Å². The highest BCUT2D eigenvalue weighted by Gasteiger charge is 2.15. The second-order valence-corrected chi connectivity index (χ2v) is 3.87. The number of hydrogen-bond acceptors (Lipinski definition) is 2. The third-order valence-corrected chi connectivity index (χ3v) is 2.65. The smallest absolute Gasteiger partial charge is 0.106 e. The molecule has 1 atom stereocenters. The van der Waals surface area contributed by atoms with Crippen molar-refractivity contribution >= 4 is 15.9 Å². The Labute approximate surface area is 80.5 Å². The molecule has 1 aliphatic rings.